The van der Waals surface area contributed by atoms with Crippen LogP contribution in [0.2, 0.25) is 0 Å². The molecular weight excluding hydrogens is 479 g/mol. The van der Waals surface area contributed by atoms with Crippen LogP contribution >= 0.6 is 22.6 Å². The largest absolute Gasteiger partial charge is 0.363 e. The van der Waals surface area contributed by atoms with Gasteiger partial charge in [0.1, 0.15) is 3.70 Å². The summed E-state index contributed by atoms with van der Waals surface area (Å²) in [7, 11) is 0. The maximum atomic E-state index is 12.5. The molecule has 0 spiro atoms. The van der Waals surface area contributed by atoms with E-state index in [1.807, 2.05) is 47.1 Å². The van der Waals surface area contributed by atoms with Gasteiger partial charge in [0.2, 0.25) is 0 Å². The van der Waals surface area contributed by atoms with Gasteiger partial charge in [-0.25, -0.2) is 9.97 Å². The Balaban J connectivity index is 1.49. The molecule has 2 aromatic heterocycles. The van der Waals surface area contributed by atoms with Crippen molar-refractivity contribution in [2.45, 2.75) is 19.4 Å². The molecule has 4 rings (SSSR count). The maximum absolute atomic E-state index is 12.5. The smallest absolute Gasteiger partial charge is 0.251 e. The molecule has 7 nitrogen and oxygen atoms in total. The first kappa shape index (κ1) is 20.1. The third kappa shape index (κ3) is 4.53. The highest BCUT2D eigenvalue weighted by Gasteiger charge is 2.30. The lowest BCUT2D eigenvalue weighted by atomic mass is 9.91. The number of nitrogens with one attached hydrogen (secondary N) is 2. The zero-order valence-electron chi connectivity index (χ0n) is 16.4. The van der Waals surface area contributed by atoms with Crippen LogP contribution in [0.25, 0.3) is 5.65 Å². The molecule has 0 saturated carbocycles. The lowest BCUT2D eigenvalue weighted by Gasteiger charge is -2.38. The van der Waals surface area contributed by atoms with Crippen molar-refractivity contribution in [2.24, 2.45) is 5.92 Å². The third-order valence-electron chi connectivity index (χ3n) is 5.55. The minimum Gasteiger partial charge on any atom is -0.363 e. The molecule has 0 aliphatic carbocycles. The van der Waals surface area contributed by atoms with E-state index in [0.717, 1.165) is 41.2 Å². The van der Waals surface area contributed by atoms with E-state index in [-0.39, 0.29) is 11.9 Å². The molecule has 2 N–H and O–H groups in total. The van der Waals surface area contributed by atoms with E-state index < -0.39 is 0 Å². The van der Waals surface area contributed by atoms with Crippen LogP contribution in [0.3, 0.4) is 0 Å². The van der Waals surface area contributed by atoms with Crippen LogP contribution in [0.15, 0.2) is 48.9 Å². The molecule has 3 aromatic rings. The number of rotatable bonds is 6. The molecule has 1 saturated heterocycles. The van der Waals surface area contributed by atoms with Gasteiger partial charge in [0.05, 0.1) is 6.20 Å². The Hall–Kier alpha value is -2.20. The average molecular weight is 504 g/mol. The topological polar surface area (TPSA) is 74.6 Å². The van der Waals surface area contributed by atoms with Crippen molar-refractivity contribution in [3.63, 3.8) is 0 Å². The van der Waals surface area contributed by atoms with Crippen molar-refractivity contribution in [1.29, 1.82) is 0 Å². The number of likely N-dealkylation sites (tertiary alicyclic amines) is 1. The zero-order valence-corrected chi connectivity index (χ0v) is 18.5. The fourth-order valence-corrected chi connectivity index (χ4v) is 4.37. The number of benzene rings is 1. The molecule has 1 aliphatic rings. The van der Waals surface area contributed by atoms with Crippen LogP contribution in [0.4, 0.5) is 5.82 Å². The fraction of sp³-hybridized carbons (Fsp3) is 0.381. The van der Waals surface area contributed by atoms with Crippen LogP contribution in [0.5, 0.6) is 0 Å². The van der Waals surface area contributed by atoms with Gasteiger partial charge in [0.25, 0.3) is 5.91 Å². The van der Waals surface area contributed by atoms with E-state index in [0.29, 0.717) is 18.0 Å². The second-order valence-electron chi connectivity index (χ2n) is 7.32. The number of anilines is 1. The predicted octanol–water partition coefficient (Wildman–Crippen LogP) is 2.89. The average Bonchev–Trinajstić information content (AvgIpc) is 3.15. The highest BCUT2D eigenvalue weighted by Crippen LogP contribution is 2.23. The zero-order chi connectivity index (χ0) is 20.2. The molecular formula is C21H25IN6O. The number of hydrogen-bond donors (Lipinski definition) is 2. The number of likely N-dealkylation sites (N-methyl/N-ethyl adjacent to an activating group) is 1. The number of carbonyl (C=O) groups excluding carboxylic acids is 1. The molecule has 152 valence electrons. The first-order chi connectivity index (χ1) is 14.2. The minimum atomic E-state index is -0.0229. The molecule has 1 fully saturated rings. The Kier molecular flexibility index (Phi) is 6.29. The Labute approximate surface area is 184 Å². The molecule has 1 amide bonds. The molecule has 1 aromatic carbocycles. The number of nitrogens with zero attached hydrogens (tertiary/aromatic N) is 4. The number of aromatic nitrogens is 3. The maximum Gasteiger partial charge on any atom is 0.251 e. The molecule has 8 heteroatoms. The number of piperidine rings is 1. The Morgan fingerprint density at radius 3 is 2.90 bits per heavy atom. The summed E-state index contributed by atoms with van der Waals surface area (Å²) in [6.45, 7) is 5.80. The normalized spacial score (nSPS) is 19.9. The van der Waals surface area contributed by atoms with Crippen molar-refractivity contribution in [2.75, 3.05) is 31.5 Å². The van der Waals surface area contributed by atoms with E-state index in [1.165, 1.54) is 0 Å². The number of amides is 1. The molecule has 2 atom stereocenters. The lowest BCUT2D eigenvalue weighted by molar-refractivity contribution is 0.0933. The van der Waals surface area contributed by atoms with Crippen molar-refractivity contribution in [3.8, 4) is 0 Å². The Bertz CT molecular complexity index is 976. The van der Waals surface area contributed by atoms with Crippen LogP contribution in [0.1, 0.15) is 23.7 Å². The van der Waals surface area contributed by atoms with Gasteiger partial charge in [0, 0.05) is 37.1 Å². The van der Waals surface area contributed by atoms with Crippen molar-refractivity contribution in [1.82, 2.24) is 24.6 Å². The van der Waals surface area contributed by atoms with E-state index >= 15 is 0 Å². The van der Waals surface area contributed by atoms with Crippen LogP contribution in [0, 0.1) is 9.62 Å². The molecule has 29 heavy (non-hydrogen) atoms. The van der Waals surface area contributed by atoms with Gasteiger partial charge in [-0.15, -0.1) is 0 Å². The number of halogens is 1. The van der Waals surface area contributed by atoms with Crippen molar-refractivity contribution >= 4 is 40.0 Å². The quantitative estimate of drug-likeness (QED) is 0.506. The number of imidazole rings is 1. The summed E-state index contributed by atoms with van der Waals surface area (Å²) in [5.41, 5.74) is 1.53. The summed E-state index contributed by atoms with van der Waals surface area (Å²) >= 11 is 2.27. The van der Waals surface area contributed by atoms with E-state index in [9.17, 15) is 4.79 Å². The van der Waals surface area contributed by atoms with Crippen LogP contribution in [-0.2, 0) is 0 Å². The second kappa shape index (κ2) is 9.08. The summed E-state index contributed by atoms with van der Waals surface area (Å²) in [6, 6.07) is 9.56. The summed E-state index contributed by atoms with van der Waals surface area (Å²) in [6.07, 6.45) is 6.59. The van der Waals surface area contributed by atoms with Gasteiger partial charge in [-0.1, -0.05) is 25.1 Å². The second-order valence-corrected chi connectivity index (χ2v) is 8.42. The first-order valence-electron chi connectivity index (χ1n) is 9.95. The van der Waals surface area contributed by atoms with Crippen LogP contribution in [-0.4, -0.2) is 57.4 Å². The van der Waals surface area contributed by atoms with Gasteiger partial charge in [-0.2, -0.15) is 0 Å². The summed E-state index contributed by atoms with van der Waals surface area (Å²) in [5, 5.41) is 6.74. The molecule has 1 aliphatic heterocycles. The van der Waals surface area contributed by atoms with Gasteiger partial charge in [-0.3, -0.25) is 9.20 Å². The molecule has 0 bridgehead atoms. The Morgan fingerprint density at radius 1 is 1.28 bits per heavy atom. The molecule has 3 heterocycles. The summed E-state index contributed by atoms with van der Waals surface area (Å²) in [5.74, 6) is 1.09. The summed E-state index contributed by atoms with van der Waals surface area (Å²) < 4.78 is 3.08. The lowest BCUT2D eigenvalue weighted by Crippen LogP contribution is -2.51. The number of hydrogen-bond acceptors (Lipinski definition) is 5. The van der Waals surface area contributed by atoms with Gasteiger partial charge < -0.3 is 15.5 Å². The van der Waals surface area contributed by atoms with Gasteiger partial charge in [0.15, 0.2) is 11.5 Å². The van der Waals surface area contributed by atoms with Crippen molar-refractivity contribution < 1.29 is 4.79 Å². The van der Waals surface area contributed by atoms with E-state index in [2.05, 4.69) is 55.0 Å². The summed E-state index contributed by atoms with van der Waals surface area (Å²) in [4.78, 5) is 24.0. The molecule has 0 radical (unpaired) electrons. The van der Waals surface area contributed by atoms with Gasteiger partial charge >= 0.3 is 0 Å². The monoisotopic (exact) mass is 504 g/mol. The first-order valence-corrected chi connectivity index (χ1v) is 11.0. The van der Waals surface area contributed by atoms with E-state index in [1.54, 1.807) is 6.20 Å². The predicted molar refractivity (Wildman–Crippen MR) is 122 cm³/mol. The van der Waals surface area contributed by atoms with Crippen molar-refractivity contribution in [3.05, 3.63) is 58.2 Å². The van der Waals surface area contributed by atoms with E-state index in [4.69, 9.17) is 0 Å². The van der Waals surface area contributed by atoms with Crippen LogP contribution < -0.4 is 10.6 Å². The third-order valence-corrected chi connectivity index (χ3v) is 6.35. The number of carbonyl (C=O) groups is 1. The Morgan fingerprint density at radius 2 is 2.10 bits per heavy atom. The fourth-order valence-electron chi connectivity index (χ4n) is 3.85. The standard InChI is InChI=1S/C21H25IN6O/c1-2-27-10-8-16(12-25-21(29)15-6-4-3-5-7-15)17(14-27)26-19-20-24-13-18(22)28(20)11-9-23-19/h3-7,9,11,13,16-17H,2,8,10,12,14H2,1H3,(H,23,26)(H,25,29). The molecule has 2 unspecified atom stereocenters. The number of fused-ring (bicyclic) bond motifs is 1. The minimum absolute atomic E-state index is 0.0229. The SMILES string of the molecule is CCN1CCC(CNC(=O)c2ccccc2)C(Nc2nccn3c(I)cnc23)C1. The van der Waals surface area contributed by atoms with Gasteiger partial charge in [-0.05, 0) is 60.2 Å². The highest BCUT2D eigenvalue weighted by molar-refractivity contribution is 14.1. The highest BCUT2D eigenvalue weighted by atomic mass is 127.